The molecule has 0 bridgehead atoms. The number of carbonyl (C=O) groups excluding carboxylic acids is 1. The smallest absolute Gasteiger partial charge is 0.435 e. The molecule has 266 valence electrons. The standard InChI is InChI=1S/C36H42F3N7O4/c1-4-49-34(47)46-26-12-21(3)27(23-11-20(23)2)28(24(26)15-41-46)31-29(39)30-25(14-40-31)32(44-9-6-8-36(48,17-37)18-44)43-33(42-30)50-19-35-7-5-10-45(35)16-22(38)13-35/h12,14-15,20,22-23,48H,4-11,13,16-19H2,1-3H3/t20-,22-,23+,35+,36+/m1/s1. The number of rotatable bonds is 8. The number of nitrogens with zero attached hydrogens (tertiary/aromatic N) is 7. The quantitative estimate of drug-likeness (QED) is 0.240. The van der Waals surface area contributed by atoms with E-state index in [2.05, 4.69) is 21.9 Å². The Morgan fingerprint density at radius 1 is 1.16 bits per heavy atom. The summed E-state index contributed by atoms with van der Waals surface area (Å²) in [5.41, 5.74) is 0.785. The van der Waals surface area contributed by atoms with E-state index in [0.717, 1.165) is 36.9 Å². The first kappa shape index (κ1) is 33.1. The van der Waals surface area contributed by atoms with Gasteiger partial charge in [0.1, 0.15) is 42.1 Å². The molecule has 0 spiro atoms. The van der Waals surface area contributed by atoms with Crippen LogP contribution in [0.2, 0.25) is 0 Å². The fraction of sp³-hybridized carbons (Fsp3) is 0.583. The van der Waals surface area contributed by atoms with Crippen molar-refractivity contribution in [3.63, 3.8) is 0 Å². The summed E-state index contributed by atoms with van der Waals surface area (Å²) in [5.74, 6) is 0.128. The van der Waals surface area contributed by atoms with Crippen LogP contribution in [0.25, 0.3) is 33.1 Å². The summed E-state index contributed by atoms with van der Waals surface area (Å²) in [6.07, 6.45) is 5.24. The average molecular weight is 694 g/mol. The van der Waals surface area contributed by atoms with E-state index >= 15 is 4.39 Å². The Bertz CT molecular complexity index is 1990. The number of aliphatic hydroxyl groups is 1. The van der Waals surface area contributed by atoms with Crippen molar-refractivity contribution >= 4 is 33.7 Å². The summed E-state index contributed by atoms with van der Waals surface area (Å²) in [7, 11) is 0. The summed E-state index contributed by atoms with van der Waals surface area (Å²) in [4.78, 5) is 30.7. The van der Waals surface area contributed by atoms with E-state index in [1.165, 1.54) is 10.9 Å². The van der Waals surface area contributed by atoms with Crippen molar-refractivity contribution in [2.75, 3.05) is 51.0 Å². The number of aryl methyl sites for hydroxylation is 1. The topological polar surface area (TPSA) is 119 Å². The molecule has 14 heteroatoms. The van der Waals surface area contributed by atoms with Crippen LogP contribution in [0.5, 0.6) is 6.01 Å². The van der Waals surface area contributed by atoms with Crippen LogP contribution >= 0.6 is 0 Å². The number of benzene rings is 1. The third-order valence-electron chi connectivity index (χ3n) is 11.3. The molecule has 11 nitrogen and oxygen atoms in total. The lowest BCUT2D eigenvalue weighted by atomic mass is 9.91. The molecule has 1 N–H and O–H groups in total. The molecular formula is C36H42F3N7O4. The molecule has 3 aromatic heterocycles. The average Bonchev–Trinajstić information content (AvgIpc) is 3.36. The first-order chi connectivity index (χ1) is 24.0. The zero-order valence-corrected chi connectivity index (χ0v) is 28.6. The van der Waals surface area contributed by atoms with E-state index in [1.54, 1.807) is 18.0 Å². The molecule has 1 aromatic carbocycles. The molecule has 5 atom stereocenters. The van der Waals surface area contributed by atoms with Gasteiger partial charge in [-0.05, 0) is 81.5 Å². The van der Waals surface area contributed by atoms with Crippen molar-refractivity contribution in [2.45, 2.75) is 82.5 Å². The molecule has 1 saturated carbocycles. The van der Waals surface area contributed by atoms with Crippen LogP contribution < -0.4 is 9.64 Å². The van der Waals surface area contributed by atoms with Gasteiger partial charge in [0.05, 0.1) is 35.8 Å². The SMILES string of the molecule is CCOC(=O)n1ncc2c(-c3ncc4c(N5CCC[C@](O)(CF)C5)nc(OC[C@@]56CCCN5C[C@H](F)C6)nc4c3F)c([C@H]3C[C@H]3C)c(C)cc21. The fourth-order valence-corrected chi connectivity index (χ4v) is 8.65. The minimum atomic E-state index is -1.58. The summed E-state index contributed by atoms with van der Waals surface area (Å²) in [5, 5.41) is 16.1. The Labute approximate surface area is 287 Å². The predicted molar refractivity (Wildman–Crippen MR) is 181 cm³/mol. The van der Waals surface area contributed by atoms with Crippen LogP contribution in [0.1, 0.15) is 69.4 Å². The Kier molecular flexibility index (Phi) is 8.17. The summed E-state index contributed by atoms with van der Waals surface area (Å²) in [6, 6.07) is 1.80. The minimum Gasteiger partial charge on any atom is -0.461 e. The van der Waals surface area contributed by atoms with Gasteiger partial charge in [0.15, 0.2) is 5.82 Å². The van der Waals surface area contributed by atoms with Crippen molar-refractivity contribution in [1.29, 1.82) is 0 Å². The first-order valence-corrected chi connectivity index (χ1v) is 17.6. The number of aromatic nitrogens is 5. The highest BCUT2D eigenvalue weighted by molar-refractivity contribution is 6.02. The van der Waals surface area contributed by atoms with Crippen LogP contribution in [-0.2, 0) is 4.74 Å². The third-order valence-corrected chi connectivity index (χ3v) is 11.3. The van der Waals surface area contributed by atoms with Gasteiger partial charge in [-0.15, -0.1) is 0 Å². The highest BCUT2D eigenvalue weighted by Crippen LogP contribution is 2.53. The van der Waals surface area contributed by atoms with Crippen molar-refractivity contribution in [3.8, 4) is 17.3 Å². The number of alkyl halides is 2. The van der Waals surface area contributed by atoms with Crippen molar-refractivity contribution in [1.82, 2.24) is 29.6 Å². The molecule has 3 aliphatic heterocycles. The molecular weight excluding hydrogens is 651 g/mol. The Balaban J connectivity index is 1.29. The maximum Gasteiger partial charge on any atom is 0.435 e. The van der Waals surface area contributed by atoms with Gasteiger partial charge in [0.2, 0.25) is 0 Å². The Morgan fingerprint density at radius 2 is 1.96 bits per heavy atom. The molecule has 0 radical (unpaired) electrons. The number of pyridine rings is 1. The molecule has 1 aliphatic carbocycles. The lowest BCUT2D eigenvalue weighted by Gasteiger charge is -2.38. The van der Waals surface area contributed by atoms with E-state index in [4.69, 9.17) is 19.4 Å². The third kappa shape index (κ3) is 5.45. The van der Waals surface area contributed by atoms with Gasteiger partial charge in [-0.1, -0.05) is 6.92 Å². The van der Waals surface area contributed by atoms with Gasteiger partial charge in [-0.2, -0.15) is 19.7 Å². The van der Waals surface area contributed by atoms with Crippen LogP contribution in [0.3, 0.4) is 0 Å². The lowest BCUT2D eigenvalue weighted by Crippen LogP contribution is -2.50. The minimum absolute atomic E-state index is 0.0397. The Morgan fingerprint density at radius 3 is 2.72 bits per heavy atom. The second kappa shape index (κ2) is 12.3. The van der Waals surface area contributed by atoms with Gasteiger partial charge < -0.3 is 19.5 Å². The largest absolute Gasteiger partial charge is 0.461 e. The number of hydrogen-bond acceptors (Lipinski definition) is 10. The van der Waals surface area contributed by atoms with E-state index in [9.17, 15) is 18.7 Å². The second-order valence-electron chi connectivity index (χ2n) is 14.7. The van der Waals surface area contributed by atoms with Crippen LogP contribution in [0.15, 0.2) is 18.5 Å². The predicted octanol–water partition coefficient (Wildman–Crippen LogP) is 5.87. The molecule has 4 fully saturated rings. The summed E-state index contributed by atoms with van der Waals surface area (Å²) < 4.78 is 58.5. The zero-order chi connectivity index (χ0) is 34.9. The normalized spacial score (nSPS) is 28.1. The van der Waals surface area contributed by atoms with Crippen molar-refractivity contribution in [2.24, 2.45) is 5.92 Å². The molecule has 50 heavy (non-hydrogen) atoms. The van der Waals surface area contributed by atoms with E-state index in [1.807, 2.05) is 13.0 Å². The van der Waals surface area contributed by atoms with Crippen LogP contribution in [-0.4, -0.2) is 104 Å². The van der Waals surface area contributed by atoms with Gasteiger partial charge in [-0.3, -0.25) is 9.88 Å². The number of anilines is 1. The number of fused-ring (bicyclic) bond motifs is 3. The highest BCUT2D eigenvalue weighted by Gasteiger charge is 2.49. The number of halogens is 3. The number of hydrogen-bond donors (Lipinski definition) is 1. The summed E-state index contributed by atoms with van der Waals surface area (Å²) in [6.45, 7) is 6.72. The first-order valence-electron chi connectivity index (χ1n) is 17.6. The van der Waals surface area contributed by atoms with Crippen LogP contribution in [0.4, 0.5) is 23.8 Å². The second-order valence-corrected chi connectivity index (χ2v) is 14.7. The van der Waals surface area contributed by atoms with E-state index < -0.39 is 35.9 Å². The van der Waals surface area contributed by atoms with E-state index in [-0.39, 0.29) is 55.1 Å². The highest BCUT2D eigenvalue weighted by atomic mass is 19.1. The number of β-amino-alcohol motifs (C(OH)–C–C–N with tert-alkyl or cyclic N) is 1. The van der Waals surface area contributed by atoms with E-state index in [0.29, 0.717) is 53.7 Å². The maximum absolute atomic E-state index is 17.3. The Hall–Kier alpha value is -4.04. The fourth-order valence-electron chi connectivity index (χ4n) is 8.65. The maximum atomic E-state index is 17.3. The van der Waals surface area contributed by atoms with Crippen molar-refractivity contribution in [3.05, 3.63) is 35.4 Å². The zero-order valence-electron chi connectivity index (χ0n) is 28.6. The number of piperidine rings is 1. The van der Waals surface area contributed by atoms with Gasteiger partial charge in [0, 0.05) is 36.7 Å². The molecule has 8 rings (SSSR count). The number of ether oxygens (including phenoxy) is 2. The lowest BCUT2D eigenvalue weighted by molar-refractivity contribution is 0.00302. The number of carbonyl (C=O) groups is 1. The monoisotopic (exact) mass is 693 g/mol. The molecule has 6 heterocycles. The van der Waals surface area contributed by atoms with Gasteiger partial charge in [0.25, 0.3) is 0 Å². The van der Waals surface area contributed by atoms with Gasteiger partial charge in [-0.25, -0.2) is 18.0 Å². The van der Waals surface area contributed by atoms with Gasteiger partial charge >= 0.3 is 12.1 Å². The molecule has 0 unspecified atom stereocenters. The molecule has 4 aliphatic rings. The van der Waals surface area contributed by atoms with Crippen LogP contribution in [0, 0.1) is 18.7 Å². The molecule has 0 amide bonds. The molecule has 3 saturated heterocycles. The molecule has 4 aromatic rings. The van der Waals surface area contributed by atoms with Crippen molar-refractivity contribution < 1.29 is 32.5 Å². The summed E-state index contributed by atoms with van der Waals surface area (Å²) >= 11 is 0.